The second kappa shape index (κ2) is 3.56. The predicted molar refractivity (Wildman–Crippen MR) is 69.3 cm³/mol. The molecule has 2 atom stereocenters. The largest absolute Gasteiger partial charge is 0.297 e. The molecule has 2 heterocycles. The van der Waals surface area contributed by atoms with E-state index in [4.69, 9.17) is 0 Å². The Bertz CT molecular complexity index is 304. The highest BCUT2D eigenvalue weighted by Gasteiger charge is 2.46. The fourth-order valence-corrected chi connectivity index (χ4v) is 2.85. The molecule has 1 saturated heterocycles. The third kappa shape index (κ3) is 2.17. The fraction of sp³-hybridized carbons (Fsp3) is 0.929. The molecule has 0 bridgehead atoms. The zero-order chi connectivity index (χ0) is 12.1. The van der Waals surface area contributed by atoms with Gasteiger partial charge in [-0.2, -0.15) is 0 Å². The van der Waals surface area contributed by atoms with Crippen molar-refractivity contribution in [1.29, 1.82) is 0 Å². The Morgan fingerprint density at radius 3 is 2.12 bits per heavy atom. The fourth-order valence-electron chi connectivity index (χ4n) is 2.85. The predicted octanol–water partition coefficient (Wildman–Crippen LogP) is 2.23. The van der Waals surface area contributed by atoms with E-state index in [-0.39, 0.29) is 0 Å². The molecule has 92 valence electrons. The lowest BCUT2D eigenvalue weighted by Gasteiger charge is -2.32. The van der Waals surface area contributed by atoms with Crippen LogP contribution in [0.15, 0.2) is 0 Å². The van der Waals surface area contributed by atoms with Gasteiger partial charge in [0.15, 0.2) is 5.54 Å². The minimum atomic E-state index is 0.302. The van der Waals surface area contributed by atoms with Crippen LogP contribution in [0, 0.1) is 11.8 Å². The van der Waals surface area contributed by atoms with Crippen LogP contribution in [-0.2, 0) is 0 Å². The van der Waals surface area contributed by atoms with E-state index in [0.717, 1.165) is 11.8 Å². The van der Waals surface area contributed by atoms with E-state index in [9.17, 15) is 0 Å². The van der Waals surface area contributed by atoms with E-state index in [1.54, 1.807) is 0 Å². The summed E-state index contributed by atoms with van der Waals surface area (Å²) in [5.74, 6) is 1.65. The van der Waals surface area contributed by atoms with Gasteiger partial charge in [0.25, 0.3) is 0 Å². The van der Waals surface area contributed by atoms with Crippen molar-refractivity contribution in [2.45, 2.75) is 52.6 Å². The van der Waals surface area contributed by atoms with E-state index in [0.29, 0.717) is 11.1 Å². The van der Waals surface area contributed by atoms with Crippen LogP contribution in [0.1, 0.15) is 41.5 Å². The minimum Gasteiger partial charge on any atom is -0.297 e. The molecule has 2 heteroatoms. The molecule has 0 spiro atoms. The zero-order valence-electron chi connectivity index (χ0n) is 11.7. The summed E-state index contributed by atoms with van der Waals surface area (Å²) in [7, 11) is 0. The molecule has 0 aromatic rings. The van der Waals surface area contributed by atoms with Crippen molar-refractivity contribution in [3.63, 3.8) is 0 Å². The Morgan fingerprint density at radius 2 is 1.69 bits per heavy atom. The molecule has 2 rings (SSSR count). The van der Waals surface area contributed by atoms with Gasteiger partial charge in [-0.05, 0) is 41.5 Å². The molecule has 0 radical (unpaired) electrons. The monoisotopic (exact) mass is 223 g/mol. The van der Waals surface area contributed by atoms with Gasteiger partial charge in [0.1, 0.15) is 12.8 Å². The minimum absolute atomic E-state index is 0.302. The van der Waals surface area contributed by atoms with Crippen molar-refractivity contribution < 1.29 is 4.58 Å². The van der Waals surface area contributed by atoms with Crippen LogP contribution in [0.5, 0.6) is 0 Å². The van der Waals surface area contributed by atoms with Gasteiger partial charge in [0.05, 0.1) is 5.92 Å². The average molecular weight is 223 g/mol. The van der Waals surface area contributed by atoms with Crippen molar-refractivity contribution in [3.8, 4) is 0 Å². The molecule has 16 heavy (non-hydrogen) atoms. The molecule has 0 amide bonds. The molecular weight excluding hydrogens is 196 g/mol. The van der Waals surface area contributed by atoms with Gasteiger partial charge in [-0.1, -0.05) is 0 Å². The second-order valence-electron chi connectivity index (χ2n) is 7.47. The number of hydrogen-bond donors (Lipinski definition) is 0. The molecule has 0 N–H and O–H groups in total. The highest BCUT2D eigenvalue weighted by molar-refractivity contribution is 5.58. The molecule has 0 saturated carbocycles. The van der Waals surface area contributed by atoms with Gasteiger partial charge in [-0.15, -0.1) is 0 Å². The number of nitrogens with zero attached hydrogens (tertiary/aromatic N) is 2. The molecule has 0 aromatic carbocycles. The normalized spacial score (nSPS) is 31.8. The van der Waals surface area contributed by atoms with Gasteiger partial charge in [-0.3, -0.25) is 4.90 Å². The molecule has 2 unspecified atom stereocenters. The van der Waals surface area contributed by atoms with Crippen LogP contribution in [-0.4, -0.2) is 46.4 Å². The molecule has 1 fully saturated rings. The molecule has 0 aromatic heterocycles. The van der Waals surface area contributed by atoms with Crippen LogP contribution < -0.4 is 0 Å². The highest BCUT2D eigenvalue weighted by atomic mass is 15.2. The summed E-state index contributed by atoms with van der Waals surface area (Å²) in [6.45, 7) is 17.7. The first kappa shape index (κ1) is 12.1. The number of likely N-dealkylation sites (tertiary alicyclic amines) is 1. The summed E-state index contributed by atoms with van der Waals surface area (Å²) >= 11 is 0. The average Bonchev–Trinajstić information content (AvgIpc) is 2.53. The Labute approximate surface area is 100 Å². The van der Waals surface area contributed by atoms with E-state index >= 15 is 0 Å². The third-order valence-electron chi connectivity index (χ3n) is 4.10. The summed E-state index contributed by atoms with van der Waals surface area (Å²) in [5.41, 5.74) is 0.641. The SMILES string of the molecule is CC(C)(C)N1CC2C=[N+](C(C)(C)C)CC2C1. The van der Waals surface area contributed by atoms with E-state index < -0.39 is 0 Å². The summed E-state index contributed by atoms with van der Waals surface area (Å²) < 4.78 is 2.54. The number of rotatable bonds is 0. The molecule has 2 aliphatic rings. The lowest BCUT2D eigenvalue weighted by Crippen LogP contribution is -2.41. The zero-order valence-corrected chi connectivity index (χ0v) is 11.7. The summed E-state index contributed by atoms with van der Waals surface area (Å²) in [6, 6.07) is 0. The summed E-state index contributed by atoms with van der Waals surface area (Å²) in [5, 5.41) is 0. The smallest absolute Gasteiger partial charge is 0.153 e. The lowest BCUT2D eigenvalue weighted by molar-refractivity contribution is -0.590. The number of fused-ring (bicyclic) bond motifs is 1. The van der Waals surface area contributed by atoms with E-state index in [1.807, 2.05) is 0 Å². The Hall–Kier alpha value is -0.370. The van der Waals surface area contributed by atoms with Crippen molar-refractivity contribution in [2.75, 3.05) is 19.6 Å². The first-order chi connectivity index (χ1) is 7.18. The maximum atomic E-state index is 2.64. The third-order valence-corrected chi connectivity index (χ3v) is 4.10. The first-order valence-corrected chi connectivity index (χ1v) is 6.55. The molecule has 0 aliphatic carbocycles. The Kier molecular flexibility index (Phi) is 2.69. The van der Waals surface area contributed by atoms with Gasteiger partial charge in [0, 0.05) is 24.5 Å². The van der Waals surface area contributed by atoms with Gasteiger partial charge >= 0.3 is 0 Å². The topological polar surface area (TPSA) is 6.25 Å². The molecular formula is C14H27N2+. The van der Waals surface area contributed by atoms with Gasteiger partial charge in [-0.25, -0.2) is 4.58 Å². The number of hydrogen-bond acceptors (Lipinski definition) is 1. The van der Waals surface area contributed by atoms with Crippen LogP contribution in [0.3, 0.4) is 0 Å². The van der Waals surface area contributed by atoms with E-state index in [1.165, 1.54) is 19.6 Å². The molecule has 2 aliphatic heterocycles. The maximum absolute atomic E-state index is 2.64. The van der Waals surface area contributed by atoms with Crippen LogP contribution in [0.25, 0.3) is 0 Å². The van der Waals surface area contributed by atoms with Crippen molar-refractivity contribution >= 4 is 6.21 Å². The highest BCUT2D eigenvalue weighted by Crippen LogP contribution is 2.32. The van der Waals surface area contributed by atoms with Crippen molar-refractivity contribution in [3.05, 3.63) is 0 Å². The molecule has 2 nitrogen and oxygen atoms in total. The first-order valence-electron chi connectivity index (χ1n) is 6.55. The van der Waals surface area contributed by atoms with Crippen molar-refractivity contribution in [2.24, 2.45) is 11.8 Å². The van der Waals surface area contributed by atoms with Crippen LogP contribution in [0.4, 0.5) is 0 Å². The lowest BCUT2D eigenvalue weighted by atomic mass is 10.0. The maximum Gasteiger partial charge on any atom is 0.153 e. The Balaban J connectivity index is 2.06. The van der Waals surface area contributed by atoms with Crippen LogP contribution in [0.2, 0.25) is 0 Å². The van der Waals surface area contributed by atoms with Gasteiger partial charge < -0.3 is 0 Å². The summed E-state index contributed by atoms with van der Waals surface area (Å²) in [6.07, 6.45) is 2.50. The van der Waals surface area contributed by atoms with Crippen molar-refractivity contribution in [1.82, 2.24) is 4.90 Å². The van der Waals surface area contributed by atoms with Gasteiger partial charge in [0.2, 0.25) is 0 Å². The summed E-state index contributed by atoms with van der Waals surface area (Å²) in [4.78, 5) is 2.64. The van der Waals surface area contributed by atoms with Crippen LogP contribution >= 0.6 is 0 Å². The quantitative estimate of drug-likeness (QED) is 0.571. The Morgan fingerprint density at radius 1 is 1.06 bits per heavy atom. The van der Waals surface area contributed by atoms with E-state index in [2.05, 4.69) is 57.2 Å². The standard InChI is InChI=1S/C14H27N2/c1-13(2,3)15-7-11-9-16(14(4,5)6)10-12(11)8-15/h7,11-12H,8-10H2,1-6H3/q+1. The second-order valence-corrected chi connectivity index (χ2v) is 7.47.